The molecule has 0 radical (unpaired) electrons. The standard InChI is InChI=1S/C23H19F2N7/c24-23(25)5-6-32(13-23)12-14-7-15(10-26-9-14)16-8-17-20(30-31-21(17)27-11-16)22-28-18-3-1-2-4-19(18)29-22/h1-4,7-11H,5-6,12-13H2,(H,28,29)(H,27,30,31). The van der Waals surface area contributed by atoms with Gasteiger partial charge in [-0.05, 0) is 29.8 Å². The summed E-state index contributed by atoms with van der Waals surface area (Å²) >= 11 is 0. The van der Waals surface area contributed by atoms with Crippen LogP contribution in [0.4, 0.5) is 8.78 Å². The summed E-state index contributed by atoms with van der Waals surface area (Å²) in [5.74, 6) is -1.91. The van der Waals surface area contributed by atoms with E-state index in [1.807, 2.05) is 36.4 Å². The zero-order valence-electron chi connectivity index (χ0n) is 17.0. The molecule has 0 bridgehead atoms. The molecule has 5 heterocycles. The van der Waals surface area contributed by atoms with Gasteiger partial charge in [-0.1, -0.05) is 12.1 Å². The number of imidazole rings is 1. The number of aromatic nitrogens is 6. The minimum atomic E-state index is -2.60. The molecule has 160 valence electrons. The van der Waals surface area contributed by atoms with Crippen molar-refractivity contribution in [3.8, 4) is 22.6 Å². The maximum atomic E-state index is 13.5. The number of H-pyrrole nitrogens is 2. The van der Waals surface area contributed by atoms with Crippen LogP contribution in [0.15, 0.2) is 55.0 Å². The molecule has 5 aromatic rings. The van der Waals surface area contributed by atoms with E-state index in [-0.39, 0.29) is 13.0 Å². The SMILES string of the molecule is FC1(F)CCN(Cc2cncc(-c3cnc4n[nH]c(-c5nc6ccccc6[nH]5)c4c3)c2)C1. The van der Waals surface area contributed by atoms with Crippen LogP contribution in [0.5, 0.6) is 0 Å². The van der Waals surface area contributed by atoms with Crippen LogP contribution in [0.1, 0.15) is 12.0 Å². The maximum absolute atomic E-state index is 13.5. The molecule has 0 amide bonds. The van der Waals surface area contributed by atoms with Crippen molar-refractivity contribution in [1.82, 2.24) is 35.0 Å². The third-order valence-electron chi connectivity index (χ3n) is 5.82. The Labute approximate surface area is 181 Å². The fourth-order valence-corrected chi connectivity index (χ4v) is 4.24. The van der Waals surface area contributed by atoms with Gasteiger partial charge in [0.05, 0.1) is 23.0 Å². The molecule has 0 saturated carbocycles. The van der Waals surface area contributed by atoms with Gasteiger partial charge in [0.1, 0.15) is 5.69 Å². The quantitative estimate of drug-likeness (QED) is 0.440. The largest absolute Gasteiger partial charge is 0.337 e. The second kappa shape index (κ2) is 7.16. The lowest BCUT2D eigenvalue weighted by Crippen LogP contribution is -2.24. The number of hydrogen-bond donors (Lipinski definition) is 2. The number of rotatable bonds is 4. The summed E-state index contributed by atoms with van der Waals surface area (Å²) in [4.78, 5) is 18.6. The minimum Gasteiger partial charge on any atom is -0.337 e. The van der Waals surface area contributed by atoms with E-state index < -0.39 is 5.92 Å². The van der Waals surface area contributed by atoms with Crippen LogP contribution in [0.25, 0.3) is 44.7 Å². The van der Waals surface area contributed by atoms with Gasteiger partial charge >= 0.3 is 0 Å². The topological polar surface area (TPSA) is 86.4 Å². The highest BCUT2D eigenvalue weighted by molar-refractivity contribution is 5.93. The maximum Gasteiger partial charge on any atom is 0.261 e. The molecule has 1 saturated heterocycles. The van der Waals surface area contributed by atoms with Gasteiger partial charge in [0.25, 0.3) is 5.92 Å². The van der Waals surface area contributed by atoms with Crippen molar-refractivity contribution in [2.75, 3.05) is 13.1 Å². The molecule has 0 spiro atoms. The van der Waals surface area contributed by atoms with Crippen LogP contribution in [0, 0.1) is 0 Å². The number of nitrogens with zero attached hydrogens (tertiary/aromatic N) is 5. The number of fused-ring (bicyclic) bond motifs is 2. The van der Waals surface area contributed by atoms with Gasteiger partial charge in [-0.2, -0.15) is 5.10 Å². The fourth-order valence-electron chi connectivity index (χ4n) is 4.24. The predicted molar refractivity (Wildman–Crippen MR) is 117 cm³/mol. The molecule has 1 aliphatic rings. The highest BCUT2D eigenvalue weighted by Crippen LogP contribution is 2.30. The lowest BCUT2D eigenvalue weighted by atomic mass is 10.1. The van der Waals surface area contributed by atoms with E-state index in [2.05, 4.69) is 30.1 Å². The zero-order chi connectivity index (χ0) is 21.7. The van der Waals surface area contributed by atoms with Crippen molar-refractivity contribution in [2.45, 2.75) is 18.9 Å². The van der Waals surface area contributed by atoms with Crippen molar-refractivity contribution >= 4 is 22.1 Å². The number of likely N-dealkylation sites (tertiary alicyclic amines) is 1. The smallest absolute Gasteiger partial charge is 0.261 e. The van der Waals surface area contributed by atoms with Crippen LogP contribution in [-0.4, -0.2) is 54.0 Å². The Morgan fingerprint density at radius 1 is 1.06 bits per heavy atom. The van der Waals surface area contributed by atoms with Crippen LogP contribution >= 0.6 is 0 Å². The molecule has 4 aromatic heterocycles. The first kappa shape index (κ1) is 19.0. The number of pyridine rings is 2. The Morgan fingerprint density at radius 3 is 2.78 bits per heavy atom. The Kier molecular flexibility index (Phi) is 4.25. The molecule has 0 unspecified atom stereocenters. The highest BCUT2D eigenvalue weighted by atomic mass is 19.3. The number of alkyl halides is 2. The number of halogens is 2. The van der Waals surface area contributed by atoms with Gasteiger partial charge in [0.15, 0.2) is 11.5 Å². The summed E-state index contributed by atoms with van der Waals surface area (Å²) in [5.41, 5.74) is 5.81. The third kappa shape index (κ3) is 3.40. The monoisotopic (exact) mass is 431 g/mol. The summed E-state index contributed by atoms with van der Waals surface area (Å²) in [6.45, 7) is 0.628. The summed E-state index contributed by atoms with van der Waals surface area (Å²) < 4.78 is 27.0. The average molecular weight is 431 g/mol. The fraction of sp³-hybridized carbons (Fsp3) is 0.217. The summed E-state index contributed by atoms with van der Waals surface area (Å²) in [7, 11) is 0. The first-order chi connectivity index (χ1) is 15.5. The van der Waals surface area contributed by atoms with E-state index in [1.165, 1.54) is 0 Å². The number of hydrogen-bond acceptors (Lipinski definition) is 5. The van der Waals surface area contributed by atoms with Crippen molar-refractivity contribution < 1.29 is 8.78 Å². The molecule has 1 aromatic carbocycles. The Balaban J connectivity index is 1.34. The van der Waals surface area contributed by atoms with E-state index in [0.717, 1.165) is 38.8 Å². The van der Waals surface area contributed by atoms with Crippen LogP contribution < -0.4 is 0 Å². The van der Waals surface area contributed by atoms with Crippen molar-refractivity contribution in [3.05, 3.63) is 60.6 Å². The first-order valence-corrected chi connectivity index (χ1v) is 10.4. The summed E-state index contributed by atoms with van der Waals surface area (Å²) in [6.07, 6.45) is 5.14. The van der Waals surface area contributed by atoms with Gasteiger partial charge < -0.3 is 4.98 Å². The Bertz CT molecular complexity index is 1410. The number of para-hydroxylation sites is 2. The van der Waals surface area contributed by atoms with Crippen LogP contribution in [-0.2, 0) is 6.54 Å². The molecule has 6 rings (SSSR count). The Hall–Kier alpha value is -3.72. The van der Waals surface area contributed by atoms with Gasteiger partial charge in [0.2, 0.25) is 0 Å². The molecule has 1 fully saturated rings. The number of nitrogens with one attached hydrogen (secondary N) is 2. The summed E-state index contributed by atoms with van der Waals surface area (Å²) in [5, 5.41) is 8.19. The van der Waals surface area contributed by atoms with E-state index in [9.17, 15) is 8.78 Å². The molecule has 7 nitrogen and oxygen atoms in total. The van der Waals surface area contributed by atoms with Gasteiger partial charge in [0, 0.05) is 49.2 Å². The minimum absolute atomic E-state index is 0.0915. The number of benzene rings is 1. The van der Waals surface area contributed by atoms with Crippen molar-refractivity contribution in [3.63, 3.8) is 0 Å². The van der Waals surface area contributed by atoms with Crippen LogP contribution in [0.3, 0.4) is 0 Å². The average Bonchev–Trinajstić information content (AvgIpc) is 3.49. The Morgan fingerprint density at radius 2 is 1.94 bits per heavy atom. The van der Waals surface area contributed by atoms with Gasteiger partial charge in [-0.3, -0.25) is 15.0 Å². The molecular weight excluding hydrogens is 412 g/mol. The molecule has 0 aliphatic carbocycles. The predicted octanol–water partition coefficient (Wildman–Crippen LogP) is 4.40. The third-order valence-corrected chi connectivity index (χ3v) is 5.82. The molecule has 9 heteroatoms. The summed E-state index contributed by atoms with van der Waals surface area (Å²) in [6, 6.07) is 11.8. The zero-order valence-corrected chi connectivity index (χ0v) is 17.0. The van der Waals surface area contributed by atoms with E-state index in [1.54, 1.807) is 23.5 Å². The van der Waals surface area contributed by atoms with E-state index >= 15 is 0 Å². The normalized spacial score (nSPS) is 16.3. The van der Waals surface area contributed by atoms with Crippen molar-refractivity contribution in [1.29, 1.82) is 0 Å². The number of aromatic amines is 2. The van der Waals surface area contributed by atoms with E-state index in [0.29, 0.717) is 24.6 Å². The highest BCUT2D eigenvalue weighted by Gasteiger charge is 2.37. The lowest BCUT2D eigenvalue weighted by Gasteiger charge is -2.15. The van der Waals surface area contributed by atoms with Gasteiger partial charge in [-0.15, -0.1) is 0 Å². The second-order valence-electron chi connectivity index (χ2n) is 8.19. The van der Waals surface area contributed by atoms with Gasteiger partial charge in [-0.25, -0.2) is 18.7 Å². The van der Waals surface area contributed by atoms with Crippen LogP contribution in [0.2, 0.25) is 0 Å². The first-order valence-electron chi connectivity index (χ1n) is 10.4. The molecule has 2 N–H and O–H groups in total. The lowest BCUT2D eigenvalue weighted by molar-refractivity contribution is 0.0115. The second-order valence-corrected chi connectivity index (χ2v) is 8.19. The molecule has 32 heavy (non-hydrogen) atoms. The molecular formula is C23H19F2N7. The molecule has 1 aliphatic heterocycles. The van der Waals surface area contributed by atoms with E-state index in [4.69, 9.17) is 0 Å². The van der Waals surface area contributed by atoms with Crippen molar-refractivity contribution in [2.24, 2.45) is 0 Å². The molecule has 0 atom stereocenters.